The Hall–Kier alpha value is -3.77. The number of esters is 2. The van der Waals surface area contributed by atoms with E-state index < -0.39 is 41.1 Å². The van der Waals surface area contributed by atoms with Crippen molar-refractivity contribution in [3.8, 4) is 0 Å². The summed E-state index contributed by atoms with van der Waals surface area (Å²) in [6, 6.07) is 25.6. The van der Waals surface area contributed by atoms with Crippen LogP contribution in [-0.4, -0.2) is 28.4 Å². The van der Waals surface area contributed by atoms with E-state index >= 15 is 0 Å². The third-order valence-corrected chi connectivity index (χ3v) is 6.69. The second kappa shape index (κ2) is 10.9. The largest absolute Gasteiger partial charge is 0.461 e. The minimum Gasteiger partial charge on any atom is -0.461 e. The molecule has 3 aromatic carbocycles. The van der Waals surface area contributed by atoms with Crippen LogP contribution in [0.2, 0.25) is 0 Å². The summed E-state index contributed by atoms with van der Waals surface area (Å²) < 4.78 is 11.2. The van der Waals surface area contributed by atoms with Gasteiger partial charge in [-0.25, -0.2) is 0 Å². The molecule has 0 bridgehead atoms. The summed E-state index contributed by atoms with van der Waals surface area (Å²) in [7, 11) is 0. The van der Waals surface area contributed by atoms with Crippen LogP contribution in [0.1, 0.15) is 41.5 Å². The Labute approximate surface area is 210 Å². The lowest BCUT2D eigenvalue weighted by atomic mass is 9.61. The number of hydrogen-bond acceptors (Lipinski definition) is 6. The zero-order valence-corrected chi connectivity index (χ0v) is 20.4. The number of carbonyl (C=O) groups is 3. The summed E-state index contributed by atoms with van der Waals surface area (Å²) in [5.74, 6) is -5.17. The van der Waals surface area contributed by atoms with E-state index in [1.165, 1.54) is 6.92 Å². The predicted molar refractivity (Wildman–Crippen MR) is 134 cm³/mol. The molecule has 1 fully saturated rings. The zero-order chi connectivity index (χ0) is 25.7. The first kappa shape index (κ1) is 25.3. The lowest BCUT2D eigenvalue weighted by molar-refractivity contribution is -0.174. The van der Waals surface area contributed by atoms with Crippen molar-refractivity contribution in [1.29, 1.82) is 0 Å². The molecule has 1 saturated carbocycles. The zero-order valence-electron chi connectivity index (χ0n) is 20.4. The van der Waals surface area contributed by atoms with E-state index in [9.17, 15) is 19.5 Å². The van der Waals surface area contributed by atoms with E-state index in [0.717, 1.165) is 16.7 Å². The topological polar surface area (TPSA) is 89.9 Å². The molecule has 4 rings (SSSR count). The van der Waals surface area contributed by atoms with Gasteiger partial charge >= 0.3 is 11.9 Å². The van der Waals surface area contributed by atoms with Crippen LogP contribution in [0.3, 0.4) is 0 Å². The van der Waals surface area contributed by atoms with E-state index in [1.54, 1.807) is 12.1 Å². The SMILES string of the molecule is Cc1ccc([C@H]2[C@@H](C(=O)OCc3ccccc3)C(=O)C[C@@](C)(O)[C@@H]2C(=O)OCc2ccccc2)cc1. The fourth-order valence-electron chi connectivity index (χ4n) is 4.84. The smallest absolute Gasteiger partial charge is 0.317 e. The number of aryl methyl sites for hydroxylation is 1. The van der Waals surface area contributed by atoms with Crippen LogP contribution in [0.5, 0.6) is 0 Å². The van der Waals surface area contributed by atoms with Gasteiger partial charge in [-0.05, 0) is 30.5 Å². The summed E-state index contributed by atoms with van der Waals surface area (Å²) >= 11 is 0. The van der Waals surface area contributed by atoms with Crippen molar-refractivity contribution in [3.63, 3.8) is 0 Å². The molecule has 3 aromatic rings. The van der Waals surface area contributed by atoms with Crippen molar-refractivity contribution in [2.75, 3.05) is 0 Å². The molecule has 0 unspecified atom stereocenters. The van der Waals surface area contributed by atoms with E-state index in [0.29, 0.717) is 5.56 Å². The molecule has 1 N–H and O–H groups in total. The molecule has 1 aliphatic rings. The first-order valence-electron chi connectivity index (χ1n) is 12.0. The van der Waals surface area contributed by atoms with Crippen molar-refractivity contribution in [2.24, 2.45) is 11.8 Å². The normalized spacial score (nSPS) is 23.6. The van der Waals surface area contributed by atoms with Crippen LogP contribution in [0.25, 0.3) is 0 Å². The number of Topliss-reactive ketones (excluding diaryl/α,β-unsaturated/α-hetero) is 1. The third kappa shape index (κ3) is 5.71. The van der Waals surface area contributed by atoms with E-state index in [1.807, 2.05) is 79.7 Å². The van der Waals surface area contributed by atoms with Crippen LogP contribution in [0.4, 0.5) is 0 Å². The maximum absolute atomic E-state index is 13.4. The Morgan fingerprint density at radius 3 is 1.86 bits per heavy atom. The highest BCUT2D eigenvalue weighted by Gasteiger charge is 2.57. The summed E-state index contributed by atoms with van der Waals surface area (Å²) in [4.78, 5) is 40.0. The van der Waals surface area contributed by atoms with Gasteiger partial charge in [0.05, 0.1) is 11.5 Å². The molecule has 36 heavy (non-hydrogen) atoms. The Bertz CT molecular complexity index is 1200. The molecular weight excluding hydrogens is 456 g/mol. The van der Waals surface area contributed by atoms with Gasteiger partial charge in [0.25, 0.3) is 0 Å². The van der Waals surface area contributed by atoms with Gasteiger partial charge in [0.2, 0.25) is 0 Å². The Kier molecular flexibility index (Phi) is 7.65. The molecule has 4 atom stereocenters. The molecule has 0 aromatic heterocycles. The Balaban J connectivity index is 1.66. The Morgan fingerprint density at radius 1 is 0.833 bits per heavy atom. The van der Waals surface area contributed by atoms with Crippen LogP contribution < -0.4 is 0 Å². The van der Waals surface area contributed by atoms with Crippen molar-refractivity contribution in [1.82, 2.24) is 0 Å². The first-order chi connectivity index (χ1) is 17.3. The Morgan fingerprint density at radius 2 is 1.33 bits per heavy atom. The molecule has 6 nitrogen and oxygen atoms in total. The average molecular weight is 487 g/mol. The molecular formula is C30H30O6. The van der Waals surface area contributed by atoms with E-state index in [4.69, 9.17) is 9.47 Å². The van der Waals surface area contributed by atoms with E-state index in [2.05, 4.69) is 0 Å². The molecule has 1 aliphatic carbocycles. The molecule has 0 spiro atoms. The minimum atomic E-state index is -1.70. The van der Waals surface area contributed by atoms with Crippen molar-refractivity contribution in [2.45, 2.75) is 45.0 Å². The summed E-state index contributed by atoms with van der Waals surface area (Å²) in [5, 5.41) is 11.3. The monoisotopic (exact) mass is 486 g/mol. The summed E-state index contributed by atoms with van der Waals surface area (Å²) in [5.41, 5.74) is 1.46. The quantitative estimate of drug-likeness (QED) is 0.390. The number of carbonyl (C=O) groups excluding carboxylic acids is 3. The highest BCUT2D eigenvalue weighted by molar-refractivity contribution is 6.02. The molecule has 6 heteroatoms. The van der Waals surface area contributed by atoms with Gasteiger partial charge < -0.3 is 14.6 Å². The highest BCUT2D eigenvalue weighted by Crippen LogP contribution is 2.47. The molecule has 186 valence electrons. The first-order valence-corrected chi connectivity index (χ1v) is 12.0. The van der Waals surface area contributed by atoms with Crippen molar-refractivity contribution in [3.05, 3.63) is 107 Å². The second-order valence-corrected chi connectivity index (χ2v) is 9.58. The lowest BCUT2D eigenvalue weighted by Crippen LogP contribution is -2.55. The van der Waals surface area contributed by atoms with Crippen LogP contribution in [-0.2, 0) is 37.1 Å². The number of aliphatic hydroxyl groups is 1. The van der Waals surface area contributed by atoms with Gasteiger partial charge in [-0.2, -0.15) is 0 Å². The third-order valence-electron chi connectivity index (χ3n) is 6.69. The van der Waals surface area contributed by atoms with Crippen LogP contribution in [0.15, 0.2) is 84.9 Å². The van der Waals surface area contributed by atoms with Gasteiger partial charge in [0, 0.05) is 12.3 Å². The highest BCUT2D eigenvalue weighted by atomic mass is 16.5. The molecule has 0 radical (unpaired) electrons. The van der Waals surface area contributed by atoms with Gasteiger partial charge in [-0.3, -0.25) is 14.4 Å². The van der Waals surface area contributed by atoms with Crippen molar-refractivity contribution >= 4 is 17.7 Å². The number of hydrogen-bond donors (Lipinski definition) is 1. The van der Waals surface area contributed by atoms with Gasteiger partial charge in [0.15, 0.2) is 5.78 Å². The van der Waals surface area contributed by atoms with Gasteiger partial charge in [0.1, 0.15) is 19.1 Å². The average Bonchev–Trinajstić information content (AvgIpc) is 2.86. The summed E-state index contributed by atoms with van der Waals surface area (Å²) in [6.45, 7) is 3.39. The lowest BCUT2D eigenvalue weighted by Gasteiger charge is -2.43. The minimum absolute atomic E-state index is 0.00356. The standard InChI is InChI=1S/C30H30O6/c1-20-13-15-23(16-14-20)25-26(28(32)35-18-21-9-5-3-6-10-21)24(31)17-30(2,34)27(25)29(33)36-19-22-11-7-4-8-12-22/h3-16,25-27,34H,17-19H2,1-2H3/t25-,26-,27-,30+/m0/s1. The fraction of sp³-hybridized carbons (Fsp3) is 0.300. The number of rotatable bonds is 7. The number of ether oxygens (including phenoxy) is 2. The van der Waals surface area contributed by atoms with Crippen LogP contribution in [0, 0.1) is 18.8 Å². The number of benzene rings is 3. The summed E-state index contributed by atoms with van der Waals surface area (Å²) in [6.07, 6.45) is -0.356. The fourth-order valence-corrected chi connectivity index (χ4v) is 4.84. The molecule has 0 aliphatic heterocycles. The molecule has 0 amide bonds. The number of ketones is 1. The van der Waals surface area contributed by atoms with Gasteiger partial charge in [-0.15, -0.1) is 0 Å². The van der Waals surface area contributed by atoms with Crippen molar-refractivity contribution < 1.29 is 29.0 Å². The van der Waals surface area contributed by atoms with Gasteiger partial charge in [-0.1, -0.05) is 90.5 Å². The molecule has 0 heterocycles. The maximum atomic E-state index is 13.4. The predicted octanol–water partition coefficient (Wildman–Crippen LogP) is 4.52. The second-order valence-electron chi connectivity index (χ2n) is 9.58. The van der Waals surface area contributed by atoms with E-state index in [-0.39, 0.29) is 19.6 Å². The molecule has 0 saturated heterocycles. The van der Waals surface area contributed by atoms with Crippen LogP contribution >= 0.6 is 0 Å². The maximum Gasteiger partial charge on any atom is 0.317 e.